The maximum absolute atomic E-state index is 13.7. The average molecular weight is 327 g/mol. The molecule has 0 aliphatic carbocycles. The van der Waals surface area contributed by atoms with Crippen molar-refractivity contribution in [3.05, 3.63) is 53.4 Å². The lowest BCUT2D eigenvalue weighted by molar-refractivity contribution is -0.141. The summed E-state index contributed by atoms with van der Waals surface area (Å²) in [5.41, 5.74) is -4.62. The van der Waals surface area contributed by atoms with Gasteiger partial charge in [0.1, 0.15) is 5.82 Å². The standard InChI is InChI=1S/C13H5F8N/c14-8-5-9(13(19,20)21)22-11(15)10(8)6-2-1-3-7(4-6)12(16,17)18/h1-5H. The zero-order chi connectivity index (χ0) is 16.7. The average Bonchev–Trinajstić information content (AvgIpc) is 2.36. The van der Waals surface area contributed by atoms with Gasteiger partial charge in [-0.05, 0) is 17.7 Å². The first-order valence-corrected chi connectivity index (χ1v) is 5.61. The van der Waals surface area contributed by atoms with Gasteiger partial charge in [0.15, 0.2) is 5.69 Å². The van der Waals surface area contributed by atoms with Crippen LogP contribution in [0.5, 0.6) is 0 Å². The summed E-state index contributed by atoms with van der Waals surface area (Å²) in [5, 5.41) is 0. The van der Waals surface area contributed by atoms with Gasteiger partial charge < -0.3 is 0 Å². The van der Waals surface area contributed by atoms with Gasteiger partial charge in [-0.25, -0.2) is 9.37 Å². The summed E-state index contributed by atoms with van der Waals surface area (Å²) in [4.78, 5) is 2.56. The second kappa shape index (κ2) is 5.22. The van der Waals surface area contributed by atoms with Crippen LogP contribution in [-0.2, 0) is 12.4 Å². The summed E-state index contributed by atoms with van der Waals surface area (Å²) in [6.07, 6.45) is -9.84. The predicted octanol–water partition coefficient (Wildman–Crippen LogP) is 5.06. The van der Waals surface area contributed by atoms with Crippen molar-refractivity contribution in [3.8, 4) is 11.1 Å². The Morgan fingerprint density at radius 2 is 1.45 bits per heavy atom. The van der Waals surface area contributed by atoms with Gasteiger partial charge in [-0.2, -0.15) is 30.7 Å². The van der Waals surface area contributed by atoms with Crippen LogP contribution in [0.2, 0.25) is 0 Å². The third kappa shape index (κ3) is 3.18. The first kappa shape index (κ1) is 16.2. The molecule has 9 heteroatoms. The molecule has 1 aromatic carbocycles. The molecule has 0 unspecified atom stereocenters. The molecule has 2 rings (SSSR count). The van der Waals surface area contributed by atoms with Crippen molar-refractivity contribution >= 4 is 0 Å². The molecule has 22 heavy (non-hydrogen) atoms. The number of hydrogen-bond donors (Lipinski definition) is 0. The van der Waals surface area contributed by atoms with Crippen molar-refractivity contribution in [2.24, 2.45) is 0 Å². The van der Waals surface area contributed by atoms with Crippen molar-refractivity contribution < 1.29 is 35.1 Å². The zero-order valence-corrected chi connectivity index (χ0v) is 10.4. The molecule has 0 N–H and O–H groups in total. The molecule has 0 saturated heterocycles. The van der Waals surface area contributed by atoms with Crippen LogP contribution in [0.4, 0.5) is 35.1 Å². The zero-order valence-electron chi connectivity index (χ0n) is 10.4. The van der Waals surface area contributed by atoms with Crippen LogP contribution in [0, 0.1) is 11.8 Å². The van der Waals surface area contributed by atoms with Crippen LogP contribution in [0.1, 0.15) is 11.3 Å². The van der Waals surface area contributed by atoms with Crippen LogP contribution < -0.4 is 0 Å². The Balaban J connectivity index is 2.59. The Hall–Kier alpha value is -2.19. The molecule has 1 nitrogen and oxygen atoms in total. The molecule has 0 fully saturated rings. The van der Waals surface area contributed by atoms with Crippen molar-refractivity contribution in [1.82, 2.24) is 4.98 Å². The van der Waals surface area contributed by atoms with Gasteiger partial charge in [0.05, 0.1) is 11.1 Å². The highest BCUT2D eigenvalue weighted by atomic mass is 19.4. The fraction of sp³-hybridized carbons (Fsp3) is 0.154. The molecule has 0 atom stereocenters. The maximum Gasteiger partial charge on any atom is 0.433 e. The highest BCUT2D eigenvalue weighted by molar-refractivity contribution is 5.65. The Labute approximate surface area is 118 Å². The Morgan fingerprint density at radius 1 is 0.818 bits per heavy atom. The van der Waals surface area contributed by atoms with E-state index in [1.165, 1.54) is 0 Å². The van der Waals surface area contributed by atoms with Crippen molar-refractivity contribution in [3.63, 3.8) is 0 Å². The topological polar surface area (TPSA) is 12.9 Å². The lowest BCUT2D eigenvalue weighted by atomic mass is 10.0. The van der Waals surface area contributed by atoms with Gasteiger partial charge in [-0.3, -0.25) is 0 Å². The van der Waals surface area contributed by atoms with Gasteiger partial charge >= 0.3 is 12.4 Å². The molecule has 1 aromatic heterocycles. The van der Waals surface area contributed by atoms with Gasteiger partial charge in [0, 0.05) is 6.07 Å². The molecule has 0 amide bonds. The summed E-state index contributed by atoms with van der Waals surface area (Å²) in [7, 11) is 0. The molecule has 2 aromatic rings. The maximum atomic E-state index is 13.7. The number of halogens is 8. The number of pyridine rings is 1. The van der Waals surface area contributed by atoms with Crippen LogP contribution in [0.25, 0.3) is 11.1 Å². The number of rotatable bonds is 1. The Bertz CT molecular complexity index is 679. The first-order valence-electron chi connectivity index (χ1n) is 5.61. The molecule has 0 saturated carbocycles. The third-order valence-corrected chi connectivity index (χ3v) is 2.70. The number of hydrogen-bond acceptors (Lipinski definition) is 1. The van der Waals surface area contributed by atoms with Crippen LogP contribution in [0.15, 0.2) is 30.3 Å². The van der Waals surface area contributed by atoms with E-state index in [4.69, 9.17) is 0 Å². The number of benzene rings is 1. The first-order chi connectivity index (χ1) is 10.00. The molecule has 118 valence electrons. The number of alkyl halides is 6. The summed E-state index contributed by atoms with van der Waals surface area (Å²) in [5.74, 6) is -3.49. The second-order valence-corrected chi connectivity index (χ2v) is 4.23. The van der Waals surface area contributed by atoms with E-state index in [0.29, 0.717) is 12.1 Å². The SMILES string of the molecule is Fc1cc(C(F)(F)F)nc(F)c1-c1cccc(C(F)(F)F)c1. The van der Waals surface area contributed by atoms with E-state index in [9.17, 15) is 35.1 Å². The predicted molar refractivity (Wildman–Crippen MR) is 59.6 cm³/mol. The van der Waals surface area contributed by atoms with Gasteiger partial charge in [-0.15, -0.1) is 0 Å². The minimum Gasteiger partial charge on any atom is -0.214 e. The van der Waals surface area contributed by atoms with E-state index in [-0.39, 0.29) is 6.07 Å². The normalized spacial score (nSPS) is 12.5. The molecular weight excluding hydrogens is 322 g/mol. The summed E-state index contributed by atoms with van der Waals surface area (Å²) >= 11 is 0. The van der Waals surface area contributed by atoms with Crippen LogP contribution in [0.3, 0.4) is 0 Å². The lowest BCUT2D eigenvalue weighted by Crippen LogP contribution is -2.11. The molecule has 0 radical (unpaired) electrons. The molecule has 0 aliphatic heterocycles. The quantitative estimate of drug-likeness (QED) is 0.527. The molecule has 0 spiro atoms. The highest BCUT2D eigenvalue weighted by Gasteiger charge is 2.35. The summed E-state index contributed by atoms with van der Waals surface area (Å²) < 4.78 is 102. The lowest BCUT2D eigenvalue weighted by Gasteiger charge is -2.12. The van der Waals surface area contributed by atoms with Crippen molar-refractivity contribution in [1.29, 1.82) is 0 Å². The van der Waals surface area contributed by atoms with E-state index < -0.39 is 46.5 Å². The van der Waals surface area contributed by atoms with Gasteiger partial charge in [0.25, 0.3) is 0 Å². The van der Waals surface area contributed by atoms with Crippen LogP contribution >= 0.6 is 0 Å². The van der Waals surface area contributed by atoms with E-state index >= 15 is 0 Å². The summed E-state index contributed by atoms with van der Waals surface area (Å²) in [6, 6.07) is 2.84. The number of nitrogens with zero attached hydrogens (tertiary/aromatic N) is 1. The minimum absolute atomic E-state index is 0.0708. The van der Waals surface area contributed by atoms with E-state index in [2.05, 4.69) is 4.98 Å². The summed E-state index contributed by atoms with van der Waals surface area (Å²) in [6.45, 7) is 0. The highest BCUT2D eigenvalue weighted by Crippen LogP contribution is 2.35. The van der Waals surface area contributed by atoms with E-state index in [1.807, 2.05) is 0 Å². The minimum atomic E-state index is -5.08. The van der Waals surface area contributed by atoms with E-state index in [0.717, 1.165) is 12.1 Å². The smallest absolute Gasteiger partial charge is 0.214 e. The fourth-order valence-electron chi connectivity index (χ4n) is 1.74. The third-order valence-electron chi connectivity index (χ3n) is 2.70. The van der Waals surface area contributed by atoms with E-state index in [1.54, 1.807) is 0 Å². The monoisotopic (exact) mass is 327 g/mol. The van der Waals surface area contributed by atoms with Gasteiger partial charge in [-0.1, -0.05) is 12.1 Å². The fourth-order valence-corrected chi connectivity index (χ4v) is 1.74. The Morgan fingerprint density at radius 3 is 1.95 bits per heavy atom. The van der Waals surface area contributed by atoms with Gasteiger partial charge in [0.2, 0.25) is 5.95 Å². The number of aromatic nitrogens is 1. The van der Waals surface area contributed by atoms with Crippen molar-refractivity contribution in [2.75, 3.05) is 0 Å². The van der Waals surface area contributed by atoms with Crippen LogP contribution in [-0.4, -0.2) is 4.98 Å². The molecule has 0 bridgehead atoms. The Kier molecular flexibility index (Phi) is 3.84. The van der Waals surface area contributed by atoms with Crippen molar-refractivity contribution in [2.45, 2.75) is 12.4 Å². The molecular formula is C13H5F8N. The molecule has 1 heterocycles. The second-order valence-electron chi connectivity index (χ2n) is 4.23. The molecule has 0 aliphatic rings. The largest absolute Gasteiger partial charge is 0.433 e.